The first kappa shape index (κ1) is 5.97. The zero-order valence-corrected chi connectivity index (χ0v) is 8.77. The summed E-state index contributed by atoms with van der Waals surface area (Å²) >= 11 is 3.28. The predicted octanol–water partition coefficient (Wildman–Crippen LogP) is 1.92. The second-order valence-corrected chi connectivity index (χ2v) is 8.03. The maximum absolute atomic E-state index is 3.55. The summed E-state index contributed by atoms with van der Waals surface area (Å²) in [6, 6.07) is 0. The van der Waals surface area contributed by atoms with Crippen LogP contribution >= 0.6 is 12.2 Å². The Morgan fingerprint density at radius 3 is 2.14 bits per heavy atom. The van der Waals surface area contributed by atoms with E-state index >= 15 is 0 Å². The third-order valence-electron chi connectivity index (χ3n) is 0.840. The van der Waals surface area contributed by atoms with Gasteiger partial charge in [0.05, 0.1) is 0 Å². The van der Waals surface area contributed by atoms with Crippen LogP contribution in [0.2, 0.25) is 3.63 Å². The molecule has 0 heterocycles. The van der Waals surface area contributed by atoms with Gasteiger partial charge in [-0.2, -0.15) is 0 Å². The topological polar surface area (TPSA) is 0 Å². The molecule has 0 aromatic rings. The molecule has 0 saturated heterocycles. The van der Waals surface area contributed by atoms with Crippen LogP contribution in [0.5, 0.6) is 0 Å². The summed E-state index contributed by atoms with van der Waals surface area (Å²) in [7, 11) is 0. The van der Waals surface area contributed by atoms with E-state index in [0.717, 1.165) is 3.63 Å². The second kappa shape index (κ2) is 2.99. The van der Waals surface area contributed by atoms with Crippen molar-refractivity contribution in [3.8, 4) is 0 Å². The molecule has 0 spiro atoms. The van der Waals surface area contributed by atoms with Crippen molar-refractivity contribution >= 4 is 33.1 Å². The van der Waals surface area contributed by atoms with Gasteiger partial charge >= 0.3 is 61.0 Å². The molecule has 0 aromatic carbocycles. The SMILES string of the molecule is [Br][Bi][CH]1C=CC=C1. The molecule has 0 N–H and O–H groups in total. The van der Waals surface area contributed by atoms with Gasteiger partial charge in [-0.3, -0.25) is 0 Å². The molecule has 0 unspecified atom stereocenters. The van der Waals surface area contributed by atoms with Gasteiger partial charge in [0.25, 0.3) is 0 Å². The fourth-order valence-electron chi connectivity index (χ4n) is 0.485. The van der Waals surface area contributed by atoms with Crippen molar-refractivity contribution in [3.63, 3.8) is 0 Å². The van der Waals surface area contributed by atoms with Crippen molar-refractivity contribution in [2.45, 2.75) is 3.63 Å². The van der Waals surface area contributed by atoms with Crippen LogP contribution in [-0.4, -0.2) is 20.9 Å². The van der Waals surface area contributed by atoms with Crippen LogP contribution in [0.15, 0.2) is 24.3 Å². The third-order valence-corrected chi connectivity index (χ3v) is 7.20. The normalized spacial score (nSPS) is 19.0. The number of rotatable bonds is 1. The summed E-state index contributed by atoms with van der Waals surface area (Å²) in [5.74, 6) is 0. The van der Waals surface area contributed by atoms with E-state index in [1.54, 1.807) is 0 Å². The maximum atomic E-state index is 3.55. The van der Waals surface area contributed by atoms with Gasteiger partial charge in [-0.15, -0.1) is 0 Å². The Morgan fingerprint density at radius 1 is 1.29 bits per heavy atom. The van der Waals surface area contributed by atoms with Gasteiger partial charge in [0.1, 0.15) is 0 Å². The third kappa shape index (κ3) is 1.66. The first-order chi connectivity index (χ1) is 3.43. The summed E-state index contributed by atoms with van der Waals surface area (Å²) < 4.78 is 0.833. The first-order valence-electron chi connectivity index (χ1n) is 2.09. The van der Waals surface area contributed by atoms with Crippen molar-refractivity contribution in [1.82, 2.24) is 0 Å². The quantitative estimate of drug-likeness (QED) is 0.632. The predicted molar refractivity (Wildman–Crippen MR) is 36.7 cm³/mol. The second-order valence-electron chi connectivity index (χ2n) is 1.36. The zero-order chi connectivity index (χ0) is 5.11. The Kier molecular flexibility index (Phi) is 2.55. The van der Waals surface area contributed by atoms with Crippen molar-refractivity contribution in [1.29, 1.82) is 0 Å². The van der Waals surface area contributed by atoms with E-state index in [1.807, 2.05) is 0 Å². The Balaban J connectivity index is 2.44. The molecule has 7 heavy (non-hydrogen) atoms. The summed E-state index contributed by atoms with van der Waals surface area (Å²) in [5.41, 5.74) is 0. The Bertz CT molecular complexity index is 94.6. The van der Waals surface area contributed by atoms with Gasteiger partial charge in [-0.1, -0.05) is 0 Å². The van der Waals surface area contributed by atoms with E-state index in [9.17, 15) is 0 Å². The molecule has 1 rings (SSSR count). The molecule has 0 aromatic heterocycles. The molecule has 37 valence electrons. The van der Waals surface area contributed by atoms with Crippen LogP contribution in [-0.2, 0) is 0 Å². The molecule has 0 aliphatic heterocycles. The molecule has 1 aliphatic rings. The molecule has 0 bridgehead atoms. The van der Waals surface area contributed by atoms with Crippen LogP contribution in [0.1, 0.15) is 0 Å². The summed E-state index contributed by atoms with van der Waals surface area (Å²) in [4.78, 5) is 0. The van der Waals surface area contributed by atoms with E-state index in [2.05, 4.69) is 36.5 Å². The number of hydrogen-bond acceptors (Lipinski definition) is 0. The van der Waals surface area contributed by atoms with E-state index < -0.39 is 0 Å². The van der Waals surface area contributed by atoms with Gasteiger partial charge < -0.3 is 0 Å². The summed E-state index contributed by atoms with van der Waals surface area (Å²) in [5, 5.41) is 0. The molecule has 0 amide bonds. The van der Waals surface area contributed by atoms with Crippen LogP contribution in [0, 0.1) is 0 Å². The molecule has 0 atom stereocenters. The minimum absolute atomic E-state index is 0.279. The van der Waals surface area contributed by atoms with Crippen molar-refractivity contribution in [2.24, 2.45) is 0 Å². The standard InChI is InChI=1S/C5H5.Bi.BrH/c1-2-4-5-3-1;;/h1-5H;;1H/q;+1;/p-1. The van der Waals surface area contributed by atoms with Crippen molar-refractivity contribution in [3.05, 3.63) is 24.3 Å². The monoisotopic (exact) mass is 353 g/mol. The van der Waals surface area contributed by atoms with Gasteiger partial charge in [0, 0.05) is 0 Å². The Hall–Kier alpha value is 0.843. The average Bonchev–Trinajstić information content (AvgIpc) is 2.14. The molecule has 1 aliphatic carbocycles. The number of halogens is 1. The van der Waals surface area contributed by atoms with Crippen molar-refractivity contribution in [2.75, 3.05) is 0 Å². The molecule has 0 fully saturated rings. The fourth-order valence-corrected chi connectivity index (χ4v) is 4.16. The number of hydrogen-bond donors (Lipinski definition) is 0. The van der Waals surface area contributed by atoms with Crippen LogP contribution in [0.4, 0.5) is 0 Å². The van der Waals surface area contributed by atoms with Gasteiger partial charge in [0.15, 0.2) is 0 Å². The van der Waals surface area contributed by atoms with Gasteiger partial charge in [0.2, 0.25) is 0 Å². The Morgan fingerprint density at radius 2 is 1.86 bits per heavy atom. The van der Waals surface area contributed by atoms with E-state index in [0.29, 0.717) is 0 Å². The molecule has 1 radical (unpaired) electrons. The van der Waals surface area contributed by atoms with E-state index in [-0.39, 0.29) is 20.9 Å². The minimum atomic E-state index is -0.279. The molecular weight excluding hydrogens is 349 g/mol. The molecule has 2 heteroatoms. The van der Waals surface area contributed by atoms with E-state index in [1.165, 1.54) is 0 Å². The Labute approximate surface area is 60.7 Å². The van der Waals surface area contributed by atoms with E-state index in [4.69, 9.17) is 0 Å². The summed E-state index contributed by atoms with van der Waals surface area (Å²) in [6.07, 6.45) is 8.75. The summed E-state index contributed by atoms with van der Waals surface area (Å²) in [6.45, 7) is 0. The van der Waals surface area contributed by atoms with Gasteiger partial charge in [-0.25, -0.2) is 0 Å². The molecular formula is C5H5BiBr. The number of allylic oxidation sites excluding steroid dienone is 4. The average molecular weight is 354 g/mol. The van der Waals surface area contributed by atoms with Gasteiger partial charge in [-0.05, 0) is 0 Å². The first-order valence-corrected chi connectivity index (χ1v) is 11.6. The van der Waals surface area contributed by atoms with Crippen LogP contribution in [0.25, 0.3) is 0 Å². The van der Waals surface area contributed by atoms with Crippen LogP contribution in [0.3, 0.4) is 0 Å². The fraction of sp³-hybridized carbons (Fsp3) is 0.200. The molecule has 0 nitrogen and oxygen atoms in total. The zero-order valence-electron chi connectivity index (χ0n) is 3.71. The van der Waals surface area contributed by atoms with Crippen LogP contribution < -0.4 is 0 Å². The molecule has 0 saturated carbocycles. The van der Waals surface area contributed by atoms with Crippen molar-refractivity contribution < 1.29 is 0 Å².